The van der Waals surface area contributed by atoms with Crippen LogP contribution in [-0.2, 0) is 11.2 Å². The van der Waals surface area contributed by atoms with Crippen molar-refractivity contribution in [1.82, 2.24) is 15.4 Å². The third kappa shape index (κ3) is 1.38. The maximum Gasteiger partial charge on any atom is 0.312 e. The van der Waals surface area contributed by atoms with Gasteiger partial charge >= 0.3 is 5.97 Å². The summed E-state index contributed by atoms with van der Waals surface area (Å²) in [6.45, 7) is 4.11. The highest BCUT2D eigenvalue weighted by Crippen LogP contribution is 2.40. The second kappa shape index (κ2) is 2.80. The van der Waals surface area contributed by atoms with Crippen LogP contribution in [0.4, 0.5) is 0 Å². The molecule has 1 aromatic rings. The molecule has 0 saturated heterocycles. The first-order valence-corrected chi connectivity index (χ1v) is 4.62. The lowest BCUT2D eigenvalue weighted by molar-refractivity contribution is -0.140. The van der Waals surface area contributed by atoms with Crippen molar-refractivity contribution >= 4 is 5.97 Å². The quantitative estimate of drug-likeness (QED) is 0.699. The van der Waals surface area contributed by atoms with Crippen LogP contribution < -0.4 is 0 Å². The van der Waals surface area contributed by atoms with Crippen LogP contribution in [0, 0.1) is 5.41 Å². The van der Waals surface area contributed by atoms with E-state index < -0.39 is 11.9 Å². The van der Waals surface area contributed by atoms with Gasteiger partial charge in [-0.2, -0.15) is 15.4 Å². The minimum absolute atomic E-state index is 0.00701. The minimum atomic E-state index is -0.812. The van der Waals surface area contributed by atoms with Gasteiger partial charge < -0.3 is 5.11 Å². The highest BCUT2D eigenvalue weighted by atomic mass is 16.4. The predicted molar refractivity (Wildman–Crippen MR) is 48.9 cm³/mol. The SMILES string of the molecule is CC1(C)Cc2n[nH]nc2C(C(=O)O)C1. The van der Waals surface area contributed by atoms with E-state index in [0.717, 1.165) is 12.1 Å². The van der Waals surface area contributed by atoms with E-state index in [1.165, 1.54) is 0 Å². The number of hydrogen-bond acceptors (Lipinski definition) is 3. The van der Waals surface area contributed by atoms with Crippen LogP contribution in [0.5, 0.6) is 0 Å². The topological polar surface area (TPSA) is 78.9 Å². The fourth-order valence-corrected chi connectivity index (χ4v) is 2.05. The maximum atomic E-state index is 11.0. The fourth-order valence-electron chi connectivity index (χ4n) is 2.05. The highest BCUT2D eigenvalue weighted by Gasteiger charge is 2.38. The van der Waals surface area contributed by atoms with Crippen LogP contribution in [0.3, 0.4) is 0 Å². The number of aliphatic carboxylic acids is 1. The molecular formula is C9H13N3O2. The Labute approximate surface area is 81.5 Å². The van der Waals surface area contributed by atoms with Crippen molar-refractivity contribution in [2.24, 2.45) is 5.41 Å². The second-order valence-electron chi connectivity index (χ2n) is 4.59. The third-order valence-corrected chi connectivity index (χ3v) is 2.68. The molecule has 0 fully saturated rings. The average molecular weight is 195 g/mol. The zero-order valence-corrected chi connectivity index (χ0v) is 8.24. The standard InChI is InChI=1S/C9H13N3O2/c1-9(2)3-5(8(13)14)7-6(4-9)10-12-11-7/h5H,3-4H2,1-2H3,(H,13,14)(H,10,11,12). The van der Waals surface area contributed by atoms with Crippen molar-refractivity contribution in [1.29, 1.82) is 0 Å². The first-order valence-electron chi connectivity index (χ1n) is 4.62. The summed E-state index contributed by atoms with van der Waals surface area (Å²) in [5.41, 5.74) is 1.40. The molecule has 14 heavy (non-hydrogen) atoms. The number of aromatic amines is 1. The third-order valence-electron chi connectivity index (χ3n) is 2.68. The molecule has 1 heterocycles. The Morgan fingerprint density at radius 3 is 2.93 bits per heavy atom. The van der Waals surface area contributed by atoms with Crippen molar-refractivity contribution in [3.8, 4) is 0 Å². The number of aromatic nitrogens is 3. The van der Waals surface area contributed by atoms with Gasteiger partial charge in [-0.15, -0.1) is 0 Å². The van der Waals surface area contributed by atoms with Crippen LogP contribution >= 0.6 is 0 Å². The number of H-pyrrole nitrogens is 1. The number of carboxylic acid groups (broad SMARTS) is 1. The molecule has 0 amide bonds. The van der Waals surface area contributed by atoms with Gasteiger partial charge in [0.15, 0.2) is 0 Å². The molecule has 0 bridgehead atoms. The molecule has 1 unspecified atom stereocenters. The molecule has 0 radical (unpaired) electrons. The van der Waals surface area contributed by atoms with E-state index in [2.05, 4.69) is 29.3 Å². The van der Waals surface area contributed by atoms with Crippen molar-refractivity contribution in [2.75, 3.05) is 0 Å². The summed E-state index contributed by atoms with van der Waals surface area (Å²) in [7, 11) is 0. The molecule has 0 aliphatic heterocycles. The van der Waals surface area contributed by atoms with Crippen molar-refractivity contribution in [3.63, 3.8) is 0 Å². The Bertz CT molecular complexity index is 370. The van der Waals surface area contributed by atoms with Gasteiger partial charge in [0.05, 0.1) is 11.4 Å². The molecule has 0 saturated carbocycles. The number of carboxylic acids is 1. The Morgan fingerprint density at radius 1 is 1.57 bits per heavy atom. The van der Waals surface area contributed by atoms with Gasteiger partial charge in [0.1, 0.15) is 5.92 Å². The van der Waals surface area contributed by atoms with Crippen molar-refractivity contribution in [2.45, 2.75) is 32.6 Å². The molecule has 1 aliphatic rings. The lowest BCUT2D eigenvalue weighted by Crippen LogP contribution is -2.29. The number of hydrogen-bond donors (Lipinski definition) is 2. The van der Waals surface area contributed by atoms with Crippen LogP contribution in [0.15, 0.2) is 0 Å². The lowest BCUT2D eigenvalue weighted by atomic mass is 9.73. The van der Waals surface area contributed by atoms with E-state index in [1.807, 2.05) is 0 Å². The van der Waals surface area contributed by atoms with Gasteiger partial charge in [0, 0.05) is 0 Å². The molecular weight excluding hydrogens is 182 g/mol. The fraction of sp³-hybridized carbons (Fsp3) is 0.667. The van der Waals surface area contributed by atoms with Crippen LogP contribution in [0.2, 0.25) is 0 Å². The zero-order valence-electron chi connectivity index (χ0n) is 8.24. The molecule has 2 rings (SSSR count). The Morgan fingerprint density at radius 2 is 2.29 bits per heavy atom. The lowest BCUT2D eigenvalue weighted by Gasteiger charge is -2.31. The van der Waals surface area contributed by atoms with Crippen molar-refractivity contribution < 1.29 is 9.90 Å². The van der Waals surface area contributed by atoms with Crippen molar-refractivity contribution in [3.05, 3.63) is 11.4 Å². The minimum Gasteiger partial charge on any atom is -0.481 e. The van der Waals surface area contributed by atoms with Gasteiger partial charge in [-0.1, -0.05) is 13.8 Å². The molecule has 5 heteroatoms. The summed E-state index contributed by atoms with van der Waals surface area (Å²) < 4.78 is 0. The maximum absolute atomic E-state index is 11.0. The monoisotopic (exact) mass is 195 g/mol. The first-order chi connectivity index (χ1) is 6.49. The van der Waals surface area contributed by atoms with Gasteiger partial charge in [0.25, 0.3) is 0 Å². The summed E-state index contributed by atoms with van der Waals surface area (Å²) in [5.74, 6) is -1.32. The van der Waals surface area contributed by atoms with E-state index in [-0.39, 0.29) is 5.41 Å². The summed E-state index contributed by atoms with van der Waals surface area (Å²) in [4.78, 5) is 11.0. The Kier molecular flexibility index (Phi) is 1.83. The van der Waals surface area contributed by atoms with E-state index in [1.54, 1.807) is 0 Å². The molecule has 1 aliphatic carbocycles. The number of fused-ring (bicyclic) bond motifs is 1. The molecule has 76 valence electrons. The summed E-state index contributed by atoms with van der Waals surface area (Å²) in [5, 5.41) is 19.4. The second-order valence-corrected chi connectivity index (χ2v) is 4.59. The number of nitrogens with one attached hydrogen (secondary N) is 1. The van der Waals surface area contributed by atoms with Gasteiger partial charge in [-0.25, -0.2) is 0 Å². The zero-order chi connectivity index (χ0) is 10.3. The summed E-state index contributed by atoms with van der Waals surface area (Å²) in [6.07, 6.45) is 1.42. The largest absolute Gasteiger partial charge is 0.481 e. The number of rotatable bonds is 1. The molecule has 1 aromatic heterocycles. The molecule has 1 atom stereocenters. The molecule has 0 spiro atoms. The van der Waals surface area contributed by atoms with Gasteiger partial charge in [-0.05, 0) is 18.3 Å². The summed E-state index contributed by atoms with van der Waals surface area (Å²) in [6, 6.07) is 0. The first kappa shape index (κ1) is 9.18. The van der Waals surface area contributed by atoms with Crippen LogP contribution in [-0.4, -0.2) is 26.5 Å². The number of nitrogens with zero attached hydrogens (tertiary/aromatic N) is 2. The smallest absolute Gasteiger partial charge is 0.312 e. The Balaban J connectivity index is 2.42. The van der Waals surface area contributed by atoms with E-state index in [0.29, 0.717) is 12.1 Å². The van der Waals surface area contributed by atoms with E-state index >= 15 is 0 Å². The Hall–Kier alpha value is -1.39. The number of carbonyl (C=O) groups is 1. The van der Waals surface area contributed by atoms with Crippen LogP contribution in [0.25, 0.3) is 0 Å². The normalized spacial score (nSPS) is 24.3. The molecule has 0 aromatic carbocycles. The highest BCUT2D eigenvalue weighted by molar-refractivity contribution is 5.76. The predicted octanol–water partition coefficient (Wildman–Crippen LogP) is 0.945. The molecule has 5 nitrogen and oxygen atoms in total. The average Bonchev–Trinajstić information content (AvgIpc) is 2.47. The van der Waals surface area contributed by atoms with Gasteiger partial charge in [-0.3, -0.25) is 4.79 Å². The molecule has 2 N–H and O–H groups in total. The van der Waals surface area contributed by atoms with E-state index in [4.69, 9.17) is 5.11 Å². The van der Waals surface area contributed by atoms with Gasteiger partial charge in [0.2, 0.25) is 0 Å². The van der Waals surface area contributed by atoms with Crippen LogP contribution in [0.1, 0.15) is 37.6 Å². The summed E-state index contributed by atoms with van der Waals surface area (Å²) >= 11 is 0. The van der Waals surface area contributed by atoms with E-state index in [9.17, 15) is 4.79 Å².